The van der Waals surface area contributed by atoms with Crippen molar-refractivity contribution in [2.24, 2.45) is 0 Å². The second-order valence-electron chi connectivity index (χ2n) is 7.96. The maximum Gasteiger partial charge on any atom is 0.376 e. The third kappa shape index (κ3) is 4.51. The quantitative estimate of drug-likeness (QED) is 0.535. The summed E-state index contributed by atoms with van der Waals surface area (Å²) in [5.41, 5.74) is 0.904. The summed E-state index contributed by atoms with van der Waals surface area (Å²) >= 11 is 0. The van der Waals surface area contributed by atoms with Crippen LogP contribution in [0.5, 0.6) is 0 Å². The molecule has 9 heteroatoms. The van der Waals surface area contributed by atoms with Gasteiger partial charge in [0.2, 0.25) is 15.8 Å². The minimum atomic E-state index is -3.63. The number of ether oxygens (including phenoxy) is 1. The van der Waals surface area contributed by atoms with Crippen LogP contribution in [0, 0.1) is 0 Å². The highest BCUT2D eigenvalue weighted by atomic mass is 32.2. The van der Waals surface area contributed by atoms with E-state index in [0.717, 1.165) is 19.3 Å². The summed E-state index contributed by atoms with van der Waals surface area (Å²) < 4.78 is 38.2. The van der Waals surface area contributed by atoms with E-state index >= 15 is 0 Å². The fourth-order valence-corrected chi connectivity index (χ4v) is 5.74. The van der Waals surface area contributed by atoms with E-state index in [1.54, 1.807) is 31.2 Å². The zero-order chi connectivity index (χ0) is 23.6. The molecule has 1 aliphatic heterocycles. The van der Waals surface area contributed by atoms with Gasteiger partial charge >= 0.3 is 5.97 Å². The first-order valence-electron chi connectivity index (χ1n) is 10.9. The molecule has 1 fully saturated rings. The summed E-state index contributed by atoms with van der Waals surface area (Å²) in [4.78, 5) is 25.4. The summed E-state index contributed by atoms with van der Waals surface area (Å²) in [5, 5.41) is 3.29. The molecule has 2 heterocycles. The summed E-state index contributed by atoms with van der Waals surface area (Å²) in [6.45, 7) is 4.25. The SMILES string of the molecule is CCOC(=O)c1oc2ccccc2c1NC(=O)c1ccc(S(=O)(=O)N2CCCC[C@H]2C)cc1. The number of amides is 1. The van der Waals surface area contributed by atoms with Crippen LogP contribution in [0.1, 0.15) is 54.0 Å². The molecule has 8 nitrogen and oxygen atoms in total. The molecular formula is C24H26N2O6S. The molecule has 0 saturated carbocycles. The number of furan rings is 1. The van der Waals surface area contributed by atoms with Crippen molar-refractivity contribution in [3.63, 3.8) is 0 Å². The average Bonchev–Trinajstić information content (AvgIpc) is 3.18. The first-order chi connectivity index (χ1) is 15.8. The normalized spacial score (nSPS) is 17.1. The highest BCUT2D eigenvalue weighted by molar-refractivity contribution is 7.89. The van der Waals surface area contributed by atoms with Crippen LogP contribution in [0.25, 0.3) is 11.0 Å². The van der Waals surface area contributed by atoms with Crippen LogP contribution in [-0.4, -0.2) is 43.8 Å². The van der Waals surface area contributed by atoms with Crippen molar-refractivity contribution < 1.29 is 27.2 Å². The number of nitrogens with one attached hydrogen (secondary N) is 1. The van der Waals surface area contributed by atoms with Crippen molar-refractivity contribution in [2.75, 3.05) is 18.5 Å². The molecule has 0 spiro atoms. The summed E-state index contributed by atoms with van der Waals surface area (Å²) in [6.07, 6.45) is 2.69. The van der Waals surface area contributed by atoms with Crippen LogP contribution in [-0.2, 0) is 14.8 Å². The predicted molar refractivity (Wildman–Crippen MR) is 124 cm³/mol. The maximum atomic E-state index is 13.0. The van der Waals surface area contributed by atoms with Crippen molar-refractivity contribution in [2.45, 2.75) is 44.0 Å². The first-order valence-corrected chi connectivity index (χ1v) is 12.4. The Labute approximate surface area is 192 Å². The monoisotopic (exact) mass is 470 g/mol. The van der Waals surface area contributed by atoms with E-state index in [0.29, 0.717) is 17.5 Å². The predicted octanol–water partition coefficient (Wildman–Crippen LogP) is 4.42. The van der Waals surface area contributed by atoms with E-state index in [2.05, 4.69) is 5.32 Å². The molecule has 0 radical (unpaired) electrons. The van der Waals surface area contributed by atoms with Crippen molar-refractivity contribution in [1.82, 2.24) is 4.31 Å². The minimum absolute atomic E-state index is 0.0533. The van der Waals surface area contributed by atoms with E-state index in [1.165, 1.54) is 28.6 Å². The van der Waals surface area contributed by atoms with Gasteiger partial charge in [0.1, 0.15) is 11.3 Å². The minimum Gasteiger partial charge on any atom is -0.460 e. The Balaban J connectivity index is 1.59. The second-order valence-corrected chi connectivity index (χ2v) is 9.85. The molecule has 3 aromatic rings. The molecule has 0 aliphatic carbocycles. The molecule has 1 aliphatic rings. The Bertz CT molecular complexity index is 1280. The molecule has 1 atom stereocenters. The summed E-state index contributed by atoms with van der Waals surface area (Å²) in [7, 11) is -3.63. The molecular weight excluding hydrogens is 444 g/mol. The summed E-state index contributed by atoms with van der Waals surface area (Å²) in [5.74, 6) is -1.27. The Morgan fingerprint density at radius 3 is 2.55 bits per heavy atom. The van der Waals surface area contributed by atoms with Gasteiger partial charge in [0, 0.05) is 23.5 Å². The number of carbonyl (C=O) groups excluding carboxylic acids is 2. The number of hydrogen-bond acceptors (Lipinski definition) is 6. The fraction of sp³-hybridized carbons (Fsp3) is 0.333. The number of esters is 1. The number of anilines is 1. The number of benzene rings is 2. The lowest BCUT2D eigenvalue weighted by atomic mass is 10.1. The van der Waals surface area contributed by atoms with Crippen LogP contribution in [0.4, 0.5) is 5.69 Å². The van der Waals surface area contributed by atoms with Crippen LogP contribution >= 0.6 is 0 Å². The molecule has 33 heavy (non-hydrogen) atoms. The molecule has 1 saturated heterocycles. The van der Waals surface area contributed by atoms with E-state index < -0.39 is 21.9 Å². The van der Waals surface area contributed by atoms with E-state index in [9.17, 15) is 18.0 Å². The second kappa shape index (κ2) is 9.36. The number of hydrogen-bond donors (Lipinski definition) is 1. The van der Waals surface area contributed by atoms with Crippen LogP contribution in [0.2, 0.25) is 0 Å². The highest BCUT2D eigenvalue weighted by Crippen LogP contribution is 2.32. The van der Waals surface area contributed by atoms with E-state index in [-0.39, 0.29) is 34.6 Å². The van der Waals surface area contributed by atoms with Crippen molar-refractivity contribution >= 4 is 38.6 Å². The lowest BCUT2D eigenvalue weighted by molar-refractivity contribution is 0.0494. The largest absolute Gasteiger partial charge is 0.460 e. The number of carbonyl (C=O) groups is 2. The van der Waals surface area contributed by atoms with Gasteiger partial charge in [-0.2, -0.15) is 4.31 Å². The number of piperidine rings is 1. The van der Waals surface area contributed by atoms with Gasteiger partial charge in [-0.1, -0.05) is 18.6 Å². The highest BCUT2D eigenvalue weighted by Gasteiger charge is 2.31. The Morgan fingerprint density at radius 1 is 1.12 bits per heavy atom. The molecule has 1 N–H and O–H groups in total. The lowest BCUT2D eigenvalue weighted by Crippen LogP contribution is -2.41. The maximum absolute atomic E-state index is 13.0. The standard InChI is InChI=1S/C24H26N2O6S/c1-3-31-24(28)22-21(19-9-4-5-10-20(19)32-22)25-23(27)17-11-13-18(14-12-17)33(29,30)26-15-7-6-8-16(26)2/h4-5,9-14,16H,3,6-8,15H2,1-2H3,(H,25,27)/t16-/m1/s1. The van der Waals surface area contributed by atoms with Crippen LogP contribution in [0.3, 0.4) is 0 Å². The zero-order valence-electron chi connectivity index (χ0n) is 18.5. The van der Waals surface area contributed by atoms with Gasteiger partial charge in [-0.05, 0) is 63.1 Å². The number of fused-ring (bicyclic) bond motifs is 1. The number of rotatable bonds is 6. The van der Waals surface area contributed by atoms with Gasteiger partial charge in [-0.25, -0.2) is 13.2 Å². The third-order valence-electron chi connectivity index (χ3n) is 5.76. The average molecular weight is 471 g/mol. The van der Waals surface area contributed by atoms with Gasteiger partial charge in [-0.3, -0.25) is 4.79 Å². The molecule has 174 valence electrons. The topological polar surface area (TPSA) is 106 Å². The van der Waals surface area contributed by atoms with Gasteiger partial charge in [0.25, 0.3) is 5.91 Å². The summed E-state index contributed by atoms with van der Waals surface area (Å²) in [6, 6.07) is 12.7. The Hall–Kier alpha value is -3.17. The smallest absolute Gasteiger partial charge is 0.376 e. The number of para-hydroxylation sites is 1. The number of nitrogens with zero attached hydrogens (tertiary/aromatic N) is 1. The Morgan fingerprint density at radius 2 is 1.85 bits per heavy atom. The van der Waals surface area contributed by atoms with Gasteiger partial charge in [-0.15, -0.1) is 0 Å². The first kappa shape index (κ1) is 23.0. The van der Waals surface area contributed by atoms with E-state index in [4.69, 9.17) is 9.15 Å². The molecule has 1 aromatic heterocycles. The van der Waals surface area contributed by atoms with E-state index in [1.807, 2.05) is 6.92 Å². The van der Waals surface area contributed by atoms with Gasteiger partial charge < -0.3 is 14.5 Å². The fourth-order valence-electron chi connectivity index (χ4n) is 4.04. The molecule has 1 amide bonds. The van der Waals surface area contributed by atoms with Crippen molar-refractivity contribution in [3.8, 4) is 0 Å². The molecule has 0 bridgehead atoms. The zero-order valence-corrected chi connectivity index (χ0v) is 19.4. The van der Waals surface area contributed by atoms with Gasteiger partial charge in [0.05, 0.1) is 11.5 Å². The van der Waals surface area contributed by atoms with Crippen LogP contribution < -0.4 is 5.32 Å². The number of sulfonamides is 1. The molecule has 4 rings (SSSR count). The van der Waals surface area contributed by atoms with Crippen molar-refractivity contribution in [1.29, 1.82) is 0 Å². The third-order valence-corrected chi connectivity index (χ3v) is 7.79. The lowest BCUT2D eigenvalue weighted by Gasteiger charge is -2.32. The van der Waals surface area contributed by atoms with Crippen LogP contribution in [0.15, 0.2) is 57.8 Å². The Kier molecular flexibility index (Phi) is 6.53. The molecule has 2 aromatic carbocycles. The molecule has 0 unspecified atom stereocenters. The van der Waals surface area contributed by atoms with Crippen molar-refractivity contribution in [3.05, 3.63) is 59.9 Å². The van der Waals surface area contributed by atoms with Gasteiger partial charge in [0.15, 0.2) is 0 Å².